The van der Waals surface area contributed by atoms with E-state index in [2.05, 4.69) is 31.1 Å². The van der Waals surface area contributed by atoms with Crippen molar-refractivity contribution >= 4 is 21.0 Å². The number of aryl methyl sites for hydroxylation is 1. The van der Waals surface area contributed by atoms with Gasteiger partial charge >= 0.3 is 15.2 Å². The van der Waals surface area contributed by atoms with Crippen LogP contribution in [0.15, 0.2) is 18.2 Å². The Morgan fingerprint density at radius 1 is 0.964 bits per heavy atom. The Bertz CT molecular complexity index is 666. The molecule has 1 aromatic rings. The summed E-state index contributed by atoms with van der Waals surface area (Å²) in [6.45, 7) is 6.17. The van der Waals surface area contributed by atoms with Gasteiger partial charge in [0, 0.05) is 12.2 Å². The molecular weight excluding hydrogens is 402 g/mol. The highest BCUT2D eigenvalue weighted by Crippen LogP contribution is 2.59. The van der Waals surface area contributed by atoms with Crippen LogP contribution in [0.5, 0.6) is 0 Å². The second-order valence-corrected chi connectivity index (χ2v) is 11.9. The fourth-order valence-corrected chi connectivity index (χ4v) is 5.22. The first-order chi connectivity index (χ1) is 12.9. The van der Waals surface area contributed by atoms with Crippen molar-refractivity contribution in [3.63, 3.8) is 0 Å². The van der Waals surface area contributed by atoms with Crippen molar-refractivity contribution < 1.29 is 28.7 Å². The van der Waals surface area contributed by atoms with Crippen LogP contribution in [0.4, 0.5) is 5.82 Å². The largest absolute Gasteiger partial charge is 0.368 e. The summed E-state index contributed by atoms with van der Waals surface area (Å²) in [4.78, 5) is 41.0. The molecule has 1 rings (SSSR count). The predicted molar refractivity (Wildman–Crippen MR) is 111 cm³/mol. The fourth-order valence-electron chi connectivity index (χ4n) is 3.00. The van der Waals surface area contributed by atoms with Gasteiger partial charge in [-0.25, -0.2) is 4.98 Å². The minimum absolute atomic E-state index is 0.342. The van der Waals surface area contributed by atoms with Gasteiger partial charge in [0.1, 0.15) is 5.82 Å². The number of pyridine rings is 1. The quantitative estimate of drug-likeness (QED) is 0.293. The van der Waals surface area contributed by atoms with E-state index in [9.17, 15) is 9.13 Å². The number of anilines is 1. The van der Waals surface area contributed by atoms with E-state index in [0.29, 0.717) is 11.7 Å². The standard InChI is InChI=1S/C18H34N2O6P2/c1-14(2)7-4-8-15(3)9-5-10-16-11-6-12-17(20-16)19-13-18(27(21,22)23)28(24,25)26/h6,11-12,14-15,18H,4-5,7-10,13H2,1-3H3,(H,19,20)(H2,21,22,23)(H2,24,25,26). The molecule has 0 fully saturated rings. The van der Waals surface area contributed by atoms with Gasteiger partial charge in [0.05, 0.1) is 0 Å². The molecule has 0 saturated carbocycles. The lowest BCUT2D eigenvalue weighted by atomic mass is 9.95. The third-order valence-electron chi connectivity index (χ3n) is 4.66. The third-order valence-corrected chi connectivity index (χ3v) is 8.38. The number of nitrogens with zero attached hydrogens (tertiary/aromatic N) is 1. The number of nitrogens with one attached hydrogen (secondary N) is 1. The molecule has 1 atom stereocenters. The lowest BCUT2D eigenvalue weighted by Crippen LogP contribution is -2.21. The van der Waals surface area contributed by atoms with Gasteiger partial charge in [0.25, 0.3) is 0 Å². The molecule has 0 radical (unpaired) electrons. The minimum atomic E-state index is -4.94. The van der Waals surface area contributed by atoms with E-state index >= 15 is 0 Å². The molecule has 162 valence electrons. The second-order valence-electron chi connectivity index (χ2n) is 7.88. The van der Waals surface area contributed by atoms with Crippen LogP contribution in [-0.4, -0.2) is 36.5 Å². The molecule has 1 aromatic heterocycles. The van der Waals surface area contributed by atoms with Crippen LogP contribution in [-0.2, 0) is 15.6 Å². The van der Waals surface area contributed by atoms with Crippen LogP contribution in [0.25, 0.3) is 0 Å². The van der Waals surface area contributed by atoms with Crippen molar-refractivity contribution in [3.8, 4) is 0 Å². The second kappa shape index (κ2) is 11.4. The van der Waals surface area contributed by atoms with Crippen LogP contribution >= 0.6 is 15.2 Å². The van der Waals surface area contributed by atoms with Crippen molar-refractivity contribution in [1.29, 1.82) is 0 Å². The lowest BCUT2D eigenvalue weighted by molar-refractivity contribution is 0.340. The molecule has 0 amide bonds. The smallest absolute Gasteiger partial charge is 0.342 e. The Morgan fingerprint density at radius 2 is 1.57 bits per heavy atom. The first-order valence-corrected chi connectivity index (χ1v) is 13.1. The highest BCUT2D eigenvalue weighted by atomic mass is 31.2. The Hall–Kier alpha value is -0.750. The van der Waals surface area contributed by atoms with Gasteiger partial charge in [0.2, 0.25) is 0 Å². The van der Waals surface area contributed by atoms with Gasteiger partial charge in [-0.2, -0.15) is 0 Å². The Kier molecular flexibility index (Phi) is 10.3. The molecule has 0 aliphatic carbocycles. The van der Waals surface area contributed by atoms with Gasteiger partial charge in [0.15, 0.2) is 5.40 Å². The maximum atomic E-state index is 11.3. The van der Waals surface area contributed by atoms with E-state index in [1.807, 2.05) is 6.07 Å². The number of rotatable bonds is 13. The van der Waals surface area contributed by atoms with E-state index in [1.54, 1.807) is 12.1 Å². The van der Waals surface area contributed by atoms with Crippen molar-refractivity contribution in [3.05, 3.63) is 23.9 Å². The molecule has 10 heteroatoms. The normalized spacial score (nSPS) is 13.9. The van der Waals surface area contributed by atoms with Gasteiger partial charge < -0.3 is 24.9 Å². The number of hydrogen-bond acceptors (Lipinski definition) is 4. The summed E-state index contributed by atoms with van der Waals surface area (Å²) in [6.07, 6.45) is 6.60. The molecule has 28 heavy (non-hydrogen) atoms. The van der Waals surface area contributed by atoms with E-state index in [1.165, 1.54) is 19.3 Å². The van der Waals surface area contributed by atoms with Crippen LogP contribution in [0, 0.1) is 11.8 Å². The lowest BCUT2D eigenvalue weighted by Gasteiger charge is -2.20. The molecule has 0 aliphatic heterocycles. The van der Waals surface area contributed by atoms with Crippen molar-refractivity contribution in [2.75, 3.05) is 11.9 Å². The molecule has 0 spiro atoms. The van der Waals surface area contributed by atoms with Crippen LogP contribution in [0.1, 0.15) is 58.6 Å². The van der Waals surface area contributed by atoms with Crippen molar-refractivity contribution in [1.82, 2.24) is 4.98 Å². The third kappa shape index (κ3) is 10.1. The molecule has 8 nitrogen and oxygen atoms in total. The summed E-state index contributed by atoms with van der Waals surface area (Å²) in [6, 6.07) is 5.24. The van der Waals surface area contributed by atoms with Crippen LogP contribution in [0.3, 0.4) is 0 Å². The average Bonchev–Trinajstić information content (AvgIpc) is 2.52. The van der Waals surface area contributed by atoms with E-state index < -0.39 is 27.1 Å². The zero-order valence-corrected chi connectivity index (χ0v) is 18.6. The maximum absolute atomic E-state index is 11.3. The van der Waals surface area contributed by atoms with Gasteiger partial charge in [-0.3, -0.25) is 9.13 Å². The van der Waals surface area contributed by atoms with E-state index in [0.717, 1.165) is 30.9 Å². The van der Waals surface area contributed by atoms with Gasteiger partial charge in [-0.15, -0.1) is 0 Å². The van der Waals surface area contributed by atoms with Crippen molar-refractivity contribution in [2.24, 2.45) is 11.8 Å². The molecule has 1 unspecified atom stereocenters. The fraction of sp³-hybridized carbons (Fsp3) is 0.722. The first kappa shape index (κ1) is 25.3. The Labute approximate surface area is 167 Å². The molecule has 0 bridgehead atoms. The van der Waals surface area contributed by atoms with Gasteiger partial charge in [-0.1, -0.05) is 52.5 Å². The molecule has 0 aromatic carbocycles. The molecule has 0 aliphatic rings. The summed E-state index contributed by atoms with van der Waals surface area (Å²) in [5.74, 6) is 1.74. The zero-order valence-electron chi connectivity index (χ0n) is 16.9. The van der Waals surface area contributed by atoms with Gasteiger partial charge in [-0.05, 0) is 36.8 Å². The van der Waals surface area contributed by atoms with E-state index in [4.69, 9.17) is 19.6 Å². The molecule has 1 heterocycles. The number of hydrogen-bond donors (Lipinski definition) is 5. The first-order valence-electron chi connectivity index (χ1n) is 9.69. The summed E-state index contributed by atoms with van der Waals surface area (Å²) in [7, 11) is -9.89. The Balaban J connectivity index is 2.51. The number of aromatic nitrogens is 1. The molecular formula is C18H34N2O6P2. The Morgan fingerprint density at radius 3 is 2.14 bits per heavy atom. The summed E-state index contributed by atoms with van der Waals surface area (Å²) < 4.78 is 22.7. The van der Waals surface area contributed by atoms with Crippen LogP contribution < -0.4 is 5.32 Å². The highest BCUT2D eigenvalue weighted by molar-refractivity contribution is 7.70. The summed E-state index contributed by atoms with van der Waals surface area (Å²) >= 11 is 0. The average molecular weight is 436 g/mol. The van der Waals surface area contributed by atoms with Crippen LogP contribution in [0.2, 0.25) is 0 Å². The summed E-state index contributed by atoms with van der Waals surface area (Å²) in [5, 5.41) is 0.554. The highest BCUT2D eigenvalue weighted by Gasteiger charge is 2.43. The monoisotopic (exact) mass is 436 g/mol. The maximum Gasteiger partial charge on any atom is 0.342 e. The molecule has 5 N–H and O–H groups in total. The van der Waals surface area contributed by atoms with Crippen molar-refractivity contribution in [2.45, 2.75) is 64.7 Å². The molecule has 0 saturated heterocycles. The summed E-state index contributed by atoms with van der Waals surface area (Å²) in [5.41, 5.74) is 0.836. The minimum Gasteiger partial charge on any atom is -0.368 e. The topological polar surface area (TPSA) is 140 Å². The SMILES string of the molecule is CC(C)CCCC(C)CCCc1cccc(NCC(P(=O)(O)O)P(=O)(O)O)n1. The van der Waals surface area contributed by atoms with E-state index in [-0.39, 0.29) is 0 Å². The zero-order chi connectivity index (χ0) is 21.4. The predicted octanol–water partition coefficient (Wildman–Crippen LogP) is 3.96.